The van der Waals surface area contributed by atoms with Gasteiger partial charge in [0, 0.05) is 22.7 Å². The zero-order valence-corrected chi connectivity index (χ0v) is 11.8. The SMILES string of the molecule is C/C(=N\Nc1cccc([N+](=O)[O-])c1)c1cc(Cl)ccc1O. The molecule has 0 spiro atoms. The maximum Gasteiger partial charge on any atom is 0.271 e. The van der Waals surface area contributed by atoms with Crippen LogP contribution in [0.2, 0.25) is 5.02 Å². The van der Waals surface area contributed by atoms with Crippen LogP contribution in [0.1, 0.15) is 12.5 Å². The number of phenols is 1. The summed E-state index contributed by atoms with van der Waals surface area (Å²) in [5, 5.41) is 25.0. The average molecular weight is 306 g/mol. The average Bonchev–Trinajstić information content (AvgIpc) is 2.47. The van der Waals surface area contributed by atoms with Crippen molar-refractivity contribution in [2.24, 2.45) is 5.10 Å². The molecule has 0 fully saturated rings. The van der Waals surface area contributed by atoms with Gasteiger partial charge in [0.05, 0.1) is 16.3 Å². The van der Waals surface area contributed by atoms with Gasteiger partial charge < -0.3 is 5.11 Å². The number of anilines is 1. The van der Waals surface area contributed by atoms with E-state index in [4.69, 9.17) is 11.6 Å². The molecule has 0 radical (unpaired) electrons. The molecule has 6 nitrogen and oxygen atoms in total. The van der Waals surface area contributed by atoms with Gasteiger partial charge in [-0.2, -0.15) is 5.10 Å². The van der Waals surface area contributed by atoms with Crippen LogP contribution in [0.25, 0.3) is 0 Å². The van der Waals surface area contributed by atoms with Gasteiger partial charge in [0.25, 0.3) is 5.69 Å². The van der Waals surface area contributed by atoms with Crippen molar-refractivity contribution >= 4 is 28.7 Å². The van der Waals surface area contributed by atoms with E-state index in [1.54, 1.807) is 31.2 Å². The quantitative estimate of drug-likeness (QED) is 0.511. The van der Waals surface area contributed by atoms with Crippen LogP contribution in [-0.2, 0) is 0 Å². The zero-order chi connectivity index (χ0) is 15.4. The van der Waals surface area contributed by atoms with E-state index in [0.29, 0.717) is 22.0 Å². The van der Waals surface area contributed by atoms with Crippen molar-refractivity contribution in [3.8, 4) is 5.75 Å². The highest BCUT2D eigenvalue weighted by Crippen LogP contribution is 2.22. The van der Waals surface area contributed by atoms with Gasteiger partial charge in [0.2, 0.25) is 0 Å². The number of nitrogens with zero attached hydrogens (tertiary/aromatic N) is 2. The van der Waals surface area contributed by atoms with Gasteiger partial charge in [0.15, 0.2) is 0 Å². The third kappa shape index (κ3) is 3.70. The van der Waals surface area contributed by atoms with Crippen molar-refractivity contribution in [3.05, 3.63) is 63.2 Å². The summed E-state index contributed by atoms with van der Waals surface area (Å²) in [7, 11) is 0. The highest BCUT2D eigenvalue weighted by atomic mass is 35.5. The summed E-state index contributed by atoms with van der Waals surface area (Å²) in [4.78, 5) is 10.2. The van der Waals surface area contributed by atoms with Crippen LogP contribution in [0, 0.1) is 10.1 Å². The number of non-ortho nitro benzene ring substituents is 1. The third-order valence-electron chi connectivity index (χ3n) is 2.76. The summed E-state index contributed by atoms with van der Waals surface area (Å²) in [5.41, 5.74) is 4.15. The first-order valence-electron chi connectivity index (χ1n) is 6.01. The Labute approximate surface area is 125 Å². The lowest BCUT2D eigenvalue weighted by Crippen LogP contribution is -2.00. The molecule has 0 saturated carbocycles. The molecule has 0 unspecified atom stereocenters. The van der Waals surface area contributed by atoms with Crippen LogP contribution in [0.3, 0.4) is 0 Å². The van der Waals surface area contributed by atoms with E-state index >= 15 is 0 Å². The lowest BCUT2D eigenvalue weighted by atomic mass is 10.1. The van der Waals surface area contributed by atoms with Crippen LogP contribution in [-0.4, -0.2) is 15.7 Å². The van der Waals surface area contributed by atoms with Crippen molar-refractivity contribution in [2.75, 3.05) is 5.43 Å². The number of hydrazone groups is 1. The van der Waals surface area contributed by atoms with Crippen LogP contribution in [0.4, 0.5) is 11.4 Å². The Balaban J connectivity index is 2.22. The van der Waals surface area contributed by atoms with E-state index in [-0.39, 0.29) is 11.4 Å². The summed E-state index contributed by atoms with van der Waals surface area (Å²) >= 11 is 5.87. The molecule has 0 heterocycles. The zero-order valence-electron chi connectivity index (χ0n) is 11.1. The molecular weight excluding hydrogens is 294 g/mol. The highest BCUT2D eigenvalue weighted by Gasteiger charge is 2.07. The van der Waals surface area contributed by atoms with Crippen molar-refractivity contribution in [1.82, 2.24) is 0 Å². The molecule has 21 heavy (non-hydrogen) atoms. The third-order valence-corrected chi connectivity index (χ3v) is 2.99. The highest BCUT2D eigenvalue weighted by molar-refractivity contribution is 6.31. The Kier molecular flexibility index (Phi) is 4.39. The summed E-state index contributed by atoms with van der Waals surface area (Å²) in [6, 6.07) is 10.6. The smallest absolute Gasteiger partial charge is 0.271 e. The monoisotopic (exact) mass is 305 g/mol. The van der Waals surface area contributed by atoms with E-state index in [9.17, 15) is 15.2 Å². The number of rotatable bonds is 4. The summed E-state index contributed by atoms with van der Waals surface area (Å²) in [6.45, 7) is 1.69. The Hall–Kier alpha value is -2.60. The number of aromatic hydroxyl groups is 1. The number of nitrogens with one attached hydrogen (secondary N) is 1. The number of phenolic OH excluding ortho intramolecular Hbond substituents is 1. The van der Waals surface area contributed by atoms with Crippen molar-refractivity contribution in [3.63, 3.8) is 0 Å². The van der Waals surface area contributed by atoms with Crippen molar-refractivity contribution in [1.29, 1.82) is 0 Å². The molecule has 108 valence electrons. The minimum Gasteiger partial charge on any atom is -0.507 e. The van der Waals surface area contributed by atoms with Gasteiger partial charge in [0.1, 0.15) is 5.75 Å². The normalized spacial score (nSPS) is 11.2. The van der Waals surface area contributed by atoms with Gasteiger partial charge in [-0.1, -0.05) is 17.7 Å². The molecule has 2 aromatic carbocycles. The van der Waals surface area contributed by atoms with Gasteiger partial charge in [-0.15, -0.1) is 0 Å². The lowest BCUT2D eigenvalue weighted by molar-refractivity contribution is -0.384. The van der Waals surface area contributed by atoms with Crippen LogP contribution >= 0.6 is 11.6 Å². The summed E-state index contributed by atoms with van der Waals surface area (Å²) in [6.07, 6.45) is 0. The number of hydrogen-bond donors (Lipinski definition) is 2. The first kappa shape index (κ1) is 14.8. The number of hydrogen-bond acceptors (Lipinski definition) is 5. The lowest BCUT2D eigenvalue weighted by Gasteiger charge is -2.06. The second-order valence-corrected chi connectivity index (χ2v) is 4.71. The molecular formula is C14H12ClN3O3. The molecule has 0 aliphatic rings. The Morgan fingerprint density at radius 2 is 2.10 bits per heavy atom. The number of benzene rings is 2. The second kappa shape index (κ2) is 6.23. The van der Waals surface area contributed by atoms with E-state index in [1.165, 1.54) is 18.2 Å². The molecule has 2 rings (SSSR count). The maximum atomic E-state index is 10.7. The Morgan fingerprint density at radius 3 is 2.81 bits per heavy atom. The van der Waals surface area contributed by atoms with Gasteiger partial charge >= 0.3 is 0 Å². The fraction of sp³-hybridized carbons (Fsp3) is 0.0714. The van der Waals surface area contributed by atoms with Crippen molar-refractivity contribution < 1.29 is 10.0 Å². The molecule has 0 atom stereocenters. The van der Waals surface area contributed by atoms with Gasteiger partial charge in [-0.3, -0.25) is 15.5 Å². The van der Waals surface area contributed by atoms with Crippen LogP contribution in [0.15, 0.2) is 47.6 Å². The number of nitro benzene ring substituents is 1. The summed E-state index contributed by atoms with van der Waals surface area (Å²) < 4.78 is 0. The van der Waals surface area contributed by atoms with Gasteiger partial charge in [-0.25, -0.2) is 0 Å². The van der Waals surface area contributed by atoms with E-state index in [1.807, 2.05) is 0 Å². The predicted octanol–water partition coefficient (Wildman–Crippen LogP) is 3.79. The first-order chi connectivity index (χ1) is 9.97. The molecule has 0 bridgehead atoms. The van der Waals surface area contributed by atoms with Crippen LogP contribution in [0.5, 0.6) is 5.75 Å². The molecule has 0 aromatic heterocycles. The molecule has 0 amide bonds. The Bertz CT molecular complexity index is 716. The molecule has 7 heteroatoms. The standard InChI is InChI=1S/C14H12ClN3O3/c1-9(13-7-10(15)5-6-14(13)19)16-17-11-3-2-4-12(8-11)18(20)21/h2-8,17,19H,1H3/b16-9+. The fourth-order valence-electron chi connectivity index (χ4n) is 1.70. The molecule has 2 aromatic rings. The molecule has 0 aliphatic carbocycles. The van der Waals surface area contributed by atoms with E-state index < -0.39 is 4.92 Å². The largest absolute Gasteiger partial charge is 0.507 e. The van der Waals surface area contributed by atoms with E-state index in [0.717, 1.165) is 0 Å². The van der Waals surface area contributed by atoms with Crippen molar-refractivity contribution in [2.45, 2.75) is 6.92 Å². The summed E-state index contributed by atoms with van der Waals surface area (Å²) in [5.74, 6) is 0.0569. The number of nitro groups is 1. The van der Waals surface area contributed by atoms with Crippen LogP contribution < -0.4 is 5.43 Å². The minimum absolute atomic E-state index is 0.0292. The topological polar surface area (TPSA) is 87.8 Å². The minimum atomic E-state index is -0.482. The fourth-order valence-corrected chi connectivity index (χ4v) is 1.87. The second-order valence-electron chi connectivity index (χ2n) is 4.28. The number of halogens is 1. The van der Waals surface area contributed by atoms with E-state index in [2.05, 4.69) is 10.5 Å². The Morgan fingerprint density at radius 1 is 1.33 bits per heavy atom. The van der Waals surface area contributed by atoms with Gasteiger partial charge in [-0.05, 0) is 31.2 Å². The molecule has 2 N–H and O–H groups in total. The molecule has 0 saturated heterocycles. The maximum absolute atomic E-state index is 10.7. The molecule has 0 aliphatic heterocycles. The predicted molar refractivity (Wildman–Crippen MR) is 82.0 cm³/mol. The first-order valence-corrected chi connectivity index (χ1v) is 6.39.